The van der Waals surface area contributed by atoms with Gasteiger partial charge in [-0.1, -0.05) is 20.3 Å². The van der Waals surface area contributed by atoms with E-state index in [1.807, 2.05) is 13.8 Å². The molecular weight excluding hydrogens is 167 g/mol. The maximum atomic E-state index is 11.7. The van der Waals surface area contributed by atoms with Crippen LogP contribution in [-0.4, -0.2) is 12.2 Å². The Kier molecular flexibility index (Phi) is 4.60. The van der Waals surface area contributed by atoms with Gasteiger partial charge in [-0.15, -0.1) is 0 Å². The van der Waals surface area contributed by atoms with Crippen molar-refractivity contribution in [1.29, 1.82) is 0 Å². The van der Waals surface area contributed by atoms with Crippen LogP contribution in [0.5, 0.6) is 0 Å². The molecule has 0 aromatic heterocycles. The Bertz CT molecular complexity index is 122. The van der Waals surface area contributed by atoms with Gasteiger partial charge in [-0.25, -0.2) is 0 Å². The van der Waals surface area contributed by atoms with Crippen LogP contribution >= 0.6 is 0 Å². The molecule has 2 atom stereocenters. The molecule has 0 aromatic carbocycles. The molecule has 0 heterocycles. The zero-order chi connectivity index (χ0) is 9.78. The van der Waals surface area contributed by atoms with Gasteiger partial charge in [0.1, 0.15) is 0 Å². The van der Waals surface area contributed by atoms with Crippen LogP contribution in [0.2, 0.25) is 0 Å². The summed E-state index contributed by atoms with van der Waals surface area (Å²) in [6, 6.07) is -0.323. The topological polar surface area (TPSA) is 26.0 Å². The van der Waals surface area contributed by atoms with Crippen molar-refractivity contribution < 1.29 is 13.2 Å². The molecule has 12 heavy (non-hydrogen) atoms. The Morgan fingerprint density at radius 3 is 2.17 bits per heavy atom. The van der Waals surface area contributed by atoms with E-state index in [1.165, 1.54) is 0 Å². The van der Waals surface area contributed by atoms with Crippen molar-refractivity contribution in [2.75, 3.05) is 0 Å². The number of rotatable bonds is 4. The van der Waals surface area contributed by atoms with Crippen LogP contribution in [0.25, 0.3) is 0 Å². The average Bonchev–Trinajstić information content (AvgIpc) is 1.97. The van der Waals surface area contributed by atoms with Gasteiger partial charge in [0.25, 0.3) is 0 Å². The summed E-state index contributed by atoms with van der Waals surface area (Å²) >= 11 is 0. The van der Waals surface area contributed by atoms with E-state index in [2.05, 4.69) is 0 Å². The molecule has 0 amide bonds. The Hall–Kier alpha value is -0.250. The number of alkyl halides is 3. The molecule has 2 N–H and O–H groups in total. The second-order valence-corrected chi connectivity index (χ2v) is 3.20. The van der Waals surface area contributed by atoms with E-state index in [9.17, 15) is 13.2 Å². The fourth-order valence-electron chi connectivity index (χ4n) is 0.918. The van der Waals surface area contributed by atoms with Crippen molar-refractivity contribution >= 4 is 0 Å². The van der Waals surface area contributed by atoms with Crippen LogP contribution in [0, 0.1) is 5.92 Å². The minimum Gasteiger partial charge on any atom is -0.327 e. The molecule has 0 aliphatic rings. The van der Waals surface area contributed by atoms with Gasteiger partial charge >= 0.3 is 6.18 Å². The zero-order valence-corrected chi connectivity index (χ0v) is 7.49. The maximum absolute atomic E-state index is 11.7. The zero-order valence-electron chi connectivity index (χ0n) is 7.49. The van der Waals surface area contributed by atoms with Crippen molar-refractivity contribution in [3.63, 3.8) is 0 Å². The SMILES string of the molecule is CCC(C)C(N)CCC(F)(F)F. The fraction of sp³-hybridized carbons (Fsp3) is 1.00. The predicted molar refractivity (Wildman–Crippen MR) is 42.7 cm³/mol. The van der Waals surface area contributed by atoms with Crippen molar-refractivity contribution in [3.05, 3.63) is 0 Å². The molecular formula is C8H16F3N. The van der Waals surface area contributed by atoms with Crippen LogP contribution < -0.4 is 5.73 Å². The first-order chi connectivity index (χ1) is 5.37. The number of hydrogen-bond donors (Lipinski definition) is 1. The highest BCUT2D eigenvalue weighted by Gasteiger charge is 2.28. The molecule has 0 radical (unpaired) electrons. The molecule has 0 saturated heterocycles. The van der Waals surface area contributed by atoms with Crippen molar-refractivity contribution in [3.8, 4) is 0 Å². The second-order valence-electron chi connectivity index (χ2n) is 3.20. The summed E-state index contributed by atoms with van der Waals surface area (Å²) in [6.07, 6.45) is -3.96. The van der Waals surface area contributed by atoms with Crippen LogP contribution in [0.3, 0.4) is 0 Å². The fourth-order valence-corrected chi connectivity index (χ4v) is 0.918. The van der Waals surface area contributed by atoms with Crippen molar-refractivity contribution in [2.45, 2.75) is 45.3 Å². The number of hydrogen-bond acceptors (Lipinski definition) is 1. The standard InChI is InChI=1S/C8H16F3N/c1-3-6(2)7(12)4-5-8(9,10)11/h6-7H,3-5,12H2,1-2H3. The lowest BCUT2D eigenvalue weighted by atomic mass is 9.96. The third kappa shape index (κ3) is 5.41. The molecule has 0 aliphatic heterocycles. The van der Waals surface area contributed by atoms with Gasteiger partial charge in [-0.05, 0) is 12.3 Å². The monoisotopic (exact) mass is 183 g/mol. The molecule has 4 heteroatoms. The Labute approximate surface area is 71.1 Å². The smallest absolute Gasteiger partial charge is 0.327 e. The van der Waals surface area contributed by atoms with Gasteiger partial charge in [0, 0.05) is 12.5 Å². The maximum Gasteiger partial charge on any atom is 0.389 e. The van der Waals surface area contributed by atoms with Gasteiger partial charge in [0.05, 0.1) is 0 Å². The predicted octanol–water partition coefficient (Wildman–Crippen LogP) is 2.70. The summed E-state index contributed by atoms with van der Waals surface area (Å²) in [6.45, 7) is 3.80. The van der Waals surface area contributed by atoms with Crippen LogP contribution in [-0.2, 0) is 0 Å². The Balaban J connectivity index is 3.64. The minimum atomic E-state index is -4.06. The van der Waals surface area contributed by atoms with Crippen LogP contribution in [0.4, 0.5) is 13.2 Å². The minimum absolute atomic E-state index is 0.0402. The van der Waals surface area contributed by atoms with E-state index in [1.54, 1.807) is 0 Å². The molecule has 2 unspecified atom stereocenters. The summed E-state index contributed by atoms with van der Waals surface area (Å²) in [5.41, 5.74) is 5.53. The molecule has 0 aromatic rings. The van der Waals surface area contributed by atoms with E-state index in [-0.39, 0.29) is 18.4 Å². The highest BCUT2D eigenvalue weighted by Crippen LogP contribution is 2.23. The summed E-state index contributed by atoms with van der Waals surface area (Å²) in [7, 11) is 0. The molecule has 0 spiro atoms. The quantitative estimate of drug-likeness (QED) is 0.712. The van der Waals surface area contributed by atoms with Gasteiger partial charge in [-0.2, -0.15) is 13.2 Å². The van der Waals surface area contributed by atoms with Crippen molar-refractivity contribution in [1.82, 2.24) is 0 Å². The van der Waals surface area contributed by atoms with Gasteiger partial charge in [0.15, 0.2) is 0 Å². The van der Waals surface area contributed by atoms with Crippen LogP contribution in [0.1, 0.15) is 33.1 Å². The molecule has 0 saturated carbocycles. The van der Waals surface area contributed by atoms with Crippen LogP contribution in [0.15, 0.2) is 0 Å². The lowest BCUT2D eigenvalue weighted by Crippen LogP contribution is -2.29. The van der Waals surface area contributed by atoms with Crippen molar-refractivity contribution in [2.24, 2.45) is 11.7 Å². The van der Waals surface area contributed by atoms with E-state index >= 15 is 0 Å². The number of nitrogens with two attached hydrogens (primary N) is 1. The lowest BCUT2D eigenvalue weighted by molar-refractivity contribution is -0.136. The third-order valence-electron chi connectivity index (χ3n) is 2.14. The molecule has 0 rings (SSSR count). The summed E-state index contributed by atoms with van der Waals surface area (Å²) < 4.78 is 35.2. The highest BCUT2D eigenvalue weighted by molar-refractivity contribution is 4.69. The van der Waals surface area contributed by atoms with Gasteiger partial charge in [-0.3, -0.25) is 0 Å². The lowest BCUT2D eigenvalue weighted by Gasteiger charge is -2.18. The molecule has 0 aliphatic carbocycles. The van der Waals surface area contributed by atoms with E-state index in [0.717, 1.165) is 6.42 Å². The first-order valence-electron chi connectivity index (χ1n) is 4.19. The van der Waals surface area contributed by atoms with E-state index in [4.69, 9.17) is 5.73 Å². The van der Waals surface area contributed by atoms with Gasteiger partial charge < -0.3 is 5.73 Å². The molecule has 1 nitrogen and oxygen atoms in total. The summed E-state index contributed by atoms with van der Waals surface area (Å²) in [4.78, 5) is 0. The molecule has 0 bridgehead atoms. The Morgan fingerprint density at radius 2 is 1.83 bits per heavy atom. The first-order valence-corrected chi connectivity index (χ1v) is 4.19. The summed E-state index contributed by atoms with van der Waals surface area (Å²) in [5.74, 6) is 0.173. The normalized spacial score (nSPS) is 17.5. The van der Waals surface area contributed by atoms with E-state index in [0.29, 0.717) is 0 Å². The molecule has 74 valence electrons. The van der Waals surface area contributed by atoms with Gasteiger partial charge in [0.2, 0.25) is 0 Å². The second kappa shape index (κ2) is 4.70. The number of halogens is 3. The largest absolute Gasteiger partial charge is 0.389 e. The average molecular weight is 183 g/mol. The Morgan fingerprint density at radius 1 is 1.33 bits per heavy atom. The highest BCUT2D eigenvalue weighted by atomic mass is 19.4. The summed E-state index contributed by atoms with van der Waals surface area (Å²) in [5, 5.41) is 0. The first kappa shape index (κ1) is 11.8. The molecule has 0 fully saturated rings. The van der Waals surface area contributed by atoms with E-state index < -0.39 is 12.6 Å². The third-order valence-corrected chi connectivity index (χ3v) is 2.14.